The van der Waals surface area contributed by atoms with Crippen LogP contribution in [0.1, 0.15) is 29.6 Å². The summed E-state index contributed by atoms with van der Waals surface area (Å²) in [7, 11) is 0. The SMILES string of the molecule is N#CC1CCCCN1C(=O)c1cc(Cl)c(Cl)c([N+](=O)[O-])c1. The van der Waals surface area contributed by atoms with Crippen LogP contribution in [-0.4, -0.2) is 28.3 Å². The largest absolute Gasteiger partial charge is 0.323 e. The molecule has 0 spiro atoms. The van der Waals surface area contributed by atoms with Crippen LogP contribution >= 0.6 is 23.2 Å². The molecular weight excluding hydrogens is 317 g/mol. The van der Waals surface area contributed by atoms with Crippen LogP contribution in [0.25, 0.3) is 0 Å². The number of hydrogen-bond acceptors (Lipinski definition) is 4. The van der Waals surface area contributed by atoms with Crippen molar-refractivity contribution in [3.05, 3.63) is 37.9 Å². The molecule has 1 aliphatic heterocycles. The van der Waals surface area contributed by atoms with Crippen LogP contribution in [0, 0.1) is 21.4 Å². The highest BCUT2D eigenvalue weighted by atomic mass is 35.5. The standard InChI is InChI=1S/C13H11Cl2N3O3/c14-10-5-8(6-11(12(10)15)18(20)21)13(19)17-4-2-1-3-9(17)7-16/h5-6,9H,1-4H2. The summed E-state index contributed by atoms with van der Waals surface area (Å²) in [5.74, 6) is -0.442. The number of carbonyl (C=O) groups excluding carboxylic acids is 1. The van der Waals surface area contributed by atoms with Gasteiger partial charge in [0.2, 0.25) is 0 Å². The molecule has 1 aromatic carbocycles. The molecule has 110 valence electrons. The molecule has 21 heavy (non-hydrogen) atoms. The van der Waals surface area contributed by atoms with E-state index in [1.165, 1.54) is 11.0 Å². The summed E-state index contributed by atoms with van der Waals surface area (Å²) in [5, 5.41) is 19.8. The molecule has 0 radical (unpaired) electrons. The third-order valence-corrected chi connectivity index (χ3v) is 4.16. The number of carbonyl (C=O) groups is 1. The van der Waals surface area contributed by atoms with Gasteiger partial charge in [-0.3, -0.25) is 14.9 Å². The fourth-order valence-electron chi connectivity index (χ4n) is 2.31. The van der Waals surface area contributed by atoms with Gasteiger partial charge in [0.25, 0.3) is 11.6 Å². The van der Waals surface area contributed by atoms with E-state index in [1.54, 1.807) is 0 Å². The molecule has 1 amide bonds. The van der Waals surface area contributed by atoms with Crippen LogP contribution in [0.15, 0.2) is 12.1 Å². The number of hydrogen-bond donors (Lipinski definition) is 0. The van der Waals surface area contributed by atoms with Gasteiger partial charge in [-0.1, -0.05) is 23.2 Å². The molecule has 8 heteroatoms. The Morgan fingerprint density at radius 1 is 1.43 bits per heavy atom. The predicted octanol–water partition coefficient (Wildman–Crippen LogP) is 3.42. The molecule has 1 aliphatic rings. The van der Waals surface area contributed by atoms with Gasteiger partial charge >= 0.3 is 0 Å². The van der Waals surface area contributed by atoms with E-state index >= 15 is 0 Å². The molecule has 0 N–H and O–H groups in total. The van der Waals surface area contributed by atoms with Crippen LogP contribution < -0.4 is 0 Å². The number of halogens is 2. The highest BCUT2D eigenvalue weighted by Gasteiger charge is 2.29. The third kappa shape index (κ3) is 3.09. The van der Waals surface area contributed by atoms with Crippen molar-refractivity contribution >= 4 is 34.8 Å². The van der Waals surface area contributed by atoms with Crippen molar-refractivity contribution in [2.24, 2.45) is 0 Å². The van der Waals surface area contributed by atoms with E-state index < -0.39 is 22.6 Å². The summed E-state index contributed by atoms with van der Waals surface area (Å²) < 4.78 is 0. The van der Waals surface area contributed by atoms with Crippen molar-refractivity contribution in [1.82, 2.24) is 4.90 Å². The van der Waals surface area contributed by atoms with E-state index in [2.05, 4.69) is 6.07 Å². The van der Waals surface area contributed by atoms with Gasteiger partial charge in [0.15, 0.2) is 0 Å². The first-order chi connectivity index (χ1) is 9.95. The molecule has 1 aromatic rings. The number of likely N-dealkylation sites (tertiary alicyclic amines) is 1. The van der Waals surface area contributed by atoms with E-state index in [9.17, 15) is 14.9 Å². The number of rotatable bonds is 2. The quantitative estimate of drug-likeness (QED) is 0.615. The van der Waals surface area contributed by atoms with Gasteiger partial charge in [-0.25, -0.2) is 0 Å². The summed E-state index contributed by atoms with van der Waals surface area (Å²) in [6, 6.07) is 3.96. The lowest BCUT2D eigenvalue weighted by Crippen LogP contribution is -2.42. The molecule has 1 heterocycles. The first-order valence-electron chi connectivity index (χ1n) is 6.29. The summed E-state index contributed by atoms with van der Waals surface area (Å²) >= 11 is 11.6. The van der Waals surface area contributed by atoms with E-state index in [0.717, 1.165) is 18.9 Å². The second-order valence-electron chi connectivity index (χ2n) is 4.69. The molecule has 1 saturated heterocycles. The van der Waals surface area contributed by atoms with Crippen LogP contribution in [-0.2, 0) is 0 Å². The van der Waals surface area contributed by atoms with Crippen LogP contribution in [0.5, 0.6) is 0 Å². The Hall–Kier alpha value is -1.84. The normalized spacial score (nSPS) is 18.1. The van der Waals surface area contributed by atoms with Crippen molar-refractivity contribution in [1.29, 1.82) is 5.26 Å². The Bertz CT molecular complexity index is 642. The van der Waals surface area contributed by atoms with E-state index in [4.69, 9.17) is 28.5 Å². The molecular formula is C13H11Cl2N3O3. The van der Waals surface area contributed by atoms with Crippen LogP contribution in [0.4, 0.5) is 5.69 Å². The maximum atomic E-state index is 12.5. The molecule has 6 nitrogen and oxygen atoms in total. The number of benzene rings is 1. The lowest BCUT2D eigenvalue weighted by Gasteiger charge is -2.31. The van der Waals surface area contributed by atoms with Crippen molar-refractivity contribution in [2.75, 3.05) is 6.54 Å². The number of nitro groups is 1. The smallest absolute Gasteiger partial charge is 0.290 e. The predicted molar refractivity (Wildman–Crippen MR) is 77.4 cm³/mol. The van der Waals surface area contributed by atoms with Gasteiger partial charge in [-0.15, -0.1) is 0 Å². The van der Waals surface area contributed by atoms with Gasteiger partial charge in [0, 0.05) is 18.2 Å². The second-order valence-corrected chi connectivity index (χ2v) is 5.47. The minimum absolute atomic E-state index is 0.0558. The lowest BCUT2D eigenvalue weighted by atomic mass is 10.0. The minimum atomic E-state index is -0.691. The Labute approximate surface area is 131 Å². The topological polar surface area (TPSA) is 87.2 Å². The summed E-state index contributed by atoms with van der Waals surface area (Å²) in [6.45, 7) is 0.450. The first-order valence-corrected chi connectivity index (χ1v) is 7.05. The monoisotopic (exact) mass is 327 g/mol. The zero-order valence-corrected chi connectivity index (χ0v) is 12.4. The molecule has 0 aromatic heterocycles. The molecule has 1 fully saturated rings. The molecule has 1 atom stereocenters. The molecule has 0 bridgehead atoms. The number of piperidine rings is 1. The Balaban J connectivity index is 2.39. The maximum Gasteiger partial charge on any atom is 0.290 e. The van der Waals surface area contributed by atoms with Gasteiger partial charge in [-0.05, 0) is 25.3 Å². The summed E-state index contributed by atoms with van der Waals surface area (Å²) in [4.78, 5) is 24.1. The Morgan fingerprint density at radius 3 is 2.76 bits per heavy atom. The second kappa shape index (κ2) is 6.29. The van der Waals surface area contributed by atoms with Gasteiger partial charge in [0.05, 0.1) is 16.0 Å². The van der Waals surface area contributed by atoms with E-state index in [-0.39, 0.29) is 15.6 Å². The van der Waals surface area contributed by atoms with Crippen molar-refractivity contribution in [3.63, 3.8) is 0 Å². The fourth-order valence-corrected chi connectivity index (χ4v) is 2.70. The molecule has 0 saturated carbocycles. The minimum Gasteiger partial charge on any atom is -0.323 e. The van der Waals surface area contributed by atoms with Crippen molar-refractivity contribution in [2.45, 2.75) is 25.3 Å². The Kier molecular flexibility index (Phi) is 4.66. The third-order valence-electron chi connectivity index (χ3n) is 3.37. The number of nitro benzene ring substituents is 1. The average molecular weight is 328 g/mol. The van der Waals surface area contributed by atoms with Gasteiger partial charge in [-0.2, -0.15) is 5.26 Å². The summed E-state index contributed by atoms with van der Waals surface area (Å²) in [5.41, 5.74) is -0.351. The van der Waals surface area contributed by atoms with Crippen LogP contribution in [0.2, 0.25) is 10.0 Å². The maximum absolute atomic E-state index is 12.5. The van der Waals surface area contributed by atoms with Crippen LogP contribution in [0.3, 0.4) is 0 Å². The Morgan fingerprint density at radius 2 is 2.14 bits per heavy atom. The molecule has 0 aliphatic carbocycles. The highest BCUT2D eigenvalue weighted by Crippen LogP contribution is 2.34. The first kappa shape index (κ1) is 15.5. The highest BCUT2D eigenvalue weighted by molar-refractivity contribution is 6.43. The van der Waals surface area contributed by atoms with E-state index in [0.29, 0.717) is 13.0 Å². The van der Waals surface area contributed by atoms with Gasteiger partial charge < -0.3 is 4.90 Å². The zero-order valence-electron chi connectivity index (χ0n) is 10.9. The molecule has 2 rings (SSSR count). The lowest BCUT2D eigenvalue weighted by molar-refractivity contribution is -0.384. The molecule has 1 unspecified atom stereocenters. The zero-order chi connectivity index (χ0) is 15.6. The number of nitrogens with zero attached hydrogens (tertiary/aromatic N) is 3. The van der Waals surface area contributed by atoms with E-state index in [1.807, 2.05) is 0 Å². The van der Waals surface area contributed by atoms with Gasteiger partial charge in [0.1, 0.15) is 11.1 Å². The number of nitriles is 1. The van der Waals surface area contributed by atoms with Crippen molar-refractivity contribution in [3.8, 4) is 6.07 Å². The fraction of sp³-hybridized carbons (Fsp3) is 0.385. The summed E-state index contributed by atoms with van der Waals surface area (Å²) in [6.07, 6.45) is 2.28. The average Bonchev–Trinajstić information content (AvgIpc) is 2.48. The van der Waals surface area contributed by atoms with Crippen molar-refractivity contribution < 1.29 is 9.72 Å². The number of amides is 1.